The van der Waals surface area contributed by atoms with Gasteiger partial charge in [-0.25, -0.2) is 9.97 Å². The molecule has 1 aromatic carbocycles. The van der Waals surface area contributed by atoms with Gasteiger partial charge in [-0.05, 0) is 44.2 Å². The third-order valence-electron chi connectivity index (χ3n) is 5.28. The summed E-state index contributed by atoms with van der Waals surface area (Å²) < 4.78 is 8.24. The molecule has 3 rings (SSSR count). The third-order valence-corrected chi connectivity index (χ3v) is 5.28. The molecule has 3 aromatic rings. The van der Waals surface area contributed by atoms with Gasteiger partial charge in [0.25, 0.3) is 0 Å². The largest absolute Gasteiger partial charge is 0.494 e. The van der Waals surface area contributed by atoms with E-state index < -0.39 is 0 Å². The number of benzene rings is 1. The molecule has 0 saturated heterocycles. The summed E-state index contributed by atoms with van der Waals surface area (Å²) in [5.74, 6) is 2.41. The third kappa shape index (κ3) is 4.99. The van der Waals surface area contributed by atoms with Crippen molar-refractivity contribution in [3.63, 3.8) is 0 Å². The number of hydrogen-bond donors (Lipinski definition) is 2. The van der Waals surface area contributed by atoms with Crippen LogP contribution in [0.5, 0.6) is 5.75 Å². The molecule has 0 bridgehead atoms. The number of nitrogen functional groups attached to an aromatic ring is 1. The number of ether oxygens (including phenoxy) is 1. The highest BCUT2D eigenvalue weighted by molar-refractivity contribution is 6.06. The van der Waals surface area contributed by atoms with E-state index in [0.717, 1.165) is 91.4 Å². The van der Waals surface area contributed by atoms with Gasteiger partial charge in [-0.15, -0.1) is 0 Å². The molecule has 158 valence electrons. The van der Waals surface area contributed by atoms with E-state index in [2.05, 4.69) is 29.5 Å². The highest BCUT2D eigenvalue weighted by Crippen LogP contribution is 2.31. The van der Waals surface area contributed by atoms with Crippen molar-refractivity contribution in [3.05, 3.63) is 24.0 Å². The summed E-state index contributed by atoms with van der Waals surface area (Å²) in [4.78, 5) is 9.47. The van der Waals surface area contributed by atoms with Crippen LogP contribution < -0.4 is 10.5 Å². The fraction of sp³-hybridized carbons (Fsp3) is 0.565. The number of aliphatic hydroxyl groups excluding tert-OH is 1. The summed E-state index contributed by atoms with van der Waals surface area (Å²) in [6.45, 7) is 6.26. The van der Waals surface area contributed by atoms with Crippen LogP contribution in [0.1, 0.15) is 64.6 Å². The number of rotatable bonds is 12. The van der Waals surface area contributed by atoms with E-state index >= 15 is 0 Å². The lowest BCUT2D eigenvalue weighted by Crippen LogP contribution is -2.04. The number of imidazole rings is 1. The van der Waals surface area contributed by atoms with E-state index in [1.807, 2.05) is 12.1 Å². The highest BCUT2D eigenvalue weighted by atomic mass is 16.5. The van der Waals surface area contributed by atoms with Crippen molar-refractivity contribution >= 4 is 27.8 Å². The first kappa shape index (κ1) is 21.4. The SMILES string of the molecule is CCCCc1nc2c(N)nc3cc(OCCCCCCO)ccc3c2n1CCC. The van der Waals surface area contributed by atoms with Gasteiger partial charge in [0.2, 0.25) is 0 Å². The smallest absolute Gasteiger partial charge is 0.152 e. The van der Waals surface area contributed by atoms with E-state index in [1.165, 1.54) is 0 Å². The zero-order chi connectivity index (χ0) is 20.6. The van der Waals surface area contributed by atoms with Crippen molar-refractivity contribution in [1.29, 1.82) is 0 Å². The van der Waals surface area contributed by atoms with Gasteiger partial charge in [0.15, 0.2) is 5.82 Å². The Morgan fingerprint density at radius 3 is 2.62 bits per heavy atom. The molecule has 0 radical (unpaired) electrons. The molecule has 0 atom stereocenters. The molecule has 0 spiro atoms. The molecule has 0 unspecified atom stereocenters. The zero-order valence-corrected chi connectivity index (χ0v) is 17.8. The second kappa shape index (κ2) is 10.4. The topological polar surface area (TPSA) is 86.2 Å². The van der Waals surface area contributed by atoms with Crippen molar-refractivity contribution in [1.82, 2.24) is 14.5 Å². The van der Waals surface area contributed by atoms with Crippen LogP contribution in [-0.4, -0.2) is 32.9 Å². The Kier molecular flexibility index (Phi) is 7.69. The summed E-state index contributed by atoms with van der Waals surface area (Å²) in [6, 6.07) is 6.08. The van der Waals surface area contributed by atoms with Gasteiger partial charge in [-0.2, -0.15) is 0 Å². The number of pyridine rings is 1. The Bertz CT molecular complexity index is 936. The predicted molar refractivity (Wildman–Crippen MR) is 119 cm³/mol. The first-order valence-corrected chi connectivity index (χ1v) is 11.0. The number of aromatic nitrogens is 3. The first-order chi connectivity index (χ1) is 14.2. The van der Waals surface area contributed by atoms with E-state index in [-0.39, 0.29) is 6.61 Å². The maximum Gasteiger partial charge on any atom is 0.152 e. The van der Waals surface area contributed by atoms with Crippen LogP contribution in [0.15, 0.2) is 18.2 Å². The molecule has 6 nitrogen and oxygen atoms in total. The van der Waals surface area contributed by atoms with Gasteiger partial charge >= 0.3 is 0 Å². The minimum Gasteiger partial charge on any atom is -0.494 e. The minimum absolute atomic E-state index is 0.266. The number of nitrogens with two attached hydrogens (primary N) is 1. The molecule has 0 aliphatic heterocycles. The standard InChI is InChI=1S/C23H34N4O2/c1-3-5-10-20-26-21-22(27(20)13-4-2)18-12-11-17(16-19(18)25-23(21)24)29-15-9-7-6-8-14-28/h11-12,16,28H,3-10,13-15H2,1-2H3,(H2,24,25). The van der Waals surface area contributed by atoms with Gasteiger partial charge in [-0.3, -0.25) is 0 Å². The van der Waals surface area contributed by atoms with E-state index in [1.54, 1.807) is 0 Å². The molecule has 0 amide bonds. The molecule has 0 aliphatic rings. The minimum atomic E-state index is 0.266. The summed E-state index contributed by atoms with van der Waals surface area (Å²) in [5.41, 5.74) is 9.06. The number of hydrogen-bond acceptors (Lipinski definition) is 5. The number of unbranched alkanes of at least 4 members (excludes halogenated alkanes) is 4. The van der Waals surface area contributed by atoms with Crippen LogP contribution in [0.25, 0.3) is 21.9 Å². The molecular weight excluding hydrogens is 364 g/mol. The summed E-state index contributed by atoms with van der Waals surface area (Å²) in [5, 5.41) is 9.92. The fourth-order valence-electron chi connectivity index (χ4n) is 3.78. The van der Waals surface area contributed by atoms with Crippen LogP contribution in [0.3, 0.4) is 0 Å². The zero-order valence-electron chi connectivity index (χ0n) is 17.8. The summed E-state index contributed by atoms with van der Waals surface area (Å²) in [7, 11) is 0. The van der Waals surface area contributed by atoms with Gasteiger partial charge in [0, 0.05) is 31.0 Å². The lowest BCUT2D eigenvalue weighted by Gasteiger charge is -2.11. The molecule has 0 fully saturated rings. The van der Waals surface area contributed by atoms with Crippen LogP contribution in [0, 0.1) is 0 Å². The van der Waals surface area contributed by atoms with E-state index in [9.17, 15) is 0 Å². The number of fused-ring (bicyclic) bond motifs is 3. The molecule has 0 saturated carbocycles. The van der Waals surface area contributed by atoms with Crippen molar-refractivity contribution in [2.75, 3.05) is 18.9 Å². The number of aliphatic hydroxyl groups is 1. The molecule has 29 heavy (non-hydrogen) atoms. The predicted octanol–water partition coefficient (Wildman–Crippen LogP) is 4.85. The van der Waals surface area contributed by atoms with Crippen molar-refractivity contribution < 1.29 is 9.84 Å². The van der Waals surface area contributed by atoms with Gasteiger partial charge < -0.3 is 20.1 Å². The molecule has 6 heteroatoms. The molecule has 2 aromatic heterocycles. The van der Waals surface area contributed by atoms with E-state index in [4.69, 9.17) is 20.6 Å². The molecule has 3 N–H and O–H groups in total. The number of aryl methyl sites for hydroxylation is 2. The van der Waals surface area contributed by atoms with E-state index in [0.29, 0.717) is 12.4 Å². The average molecular weight is 399 g/mol. The first-order valence-electron chi connectivity index (χ1n) is 11.0. The maximum atomic E-state index is 8.84. The molecule has 0 aliphatic carbocycles. The Balaban J connectivity index is 1.89. The van der Waals surface area contributed by atoms with Gasteiger partial charge in [0.05, 0.1) is 17.6 Å². The number of nitrogens with zero attached hydrogens (tertiary/aromatic N) is 3. The lowest BCUT2D eigenvalue weighted by atomic mass is 10.1. The quantitative estimate of drug-likeness (QED) is 0.426. The monoisotopic (exact) mass is 398 g/mol. The average Bonchev–Trinajstić information content (AvgIpc) is 3.08. The normalized spacial score (nSPS) is 11.6. The highest BCUT2D eigenvalue weighted by Gasteiger charge is 2.17. The Morgan fingerprint density at radius 2 is 1.86 bits per heavy atom. The van der Waals surface area contributed by atoms with Gasteiger partial charge in [0.1, 0.15) is 17.1 Å². The lowest BCUT2D eigenvalue weighted by molar-refractivity contribution is 0.273. The van der Waals surface area contributed by atoms with Crippen LogP contribution in [0.2, 0.25) is 0 Å². The molecular formula is C23H34N4O2. The van der Waals surface area contributed by atoms with Crippen molar-refractivity contribution in [2.45, 2.75) is 71.8 Å². The second-order valence-corrected chi connectivity index (χ2v) is 7.64. The number of anilines is 1. The Morgan fingerprint density at radius 1 is 1.03 bits per heavy atom. The van der Waals surface area contributed by atoms with Gasteiger partial charge in [-0.1, -0.05) is 26.7 Å². The van der Waals surface area contributed by atoms with Crippen LogP contribution in [-0.2, 0) is 13.0 Å². The van der Waals surface area contributed by atoms with Crippen molar-refractivity contribution in [2.24, 2.45) is 0 Å². The summed E-state index contributed by atoms with van der Waals surface area (Å²) >= 11 is 0. The Labute approximate surface area is 173 Å². The Hall–Kier alpha value is -2.34. The van der Waals surface area contributed by atoms with Crippen LogP contribution in [0.4, 0.5) is 5.82 Å². The fourth-order valence-corrected chi connectivity index (χ4v) is 3.78. The maximum absolute atomic E-state index is 8.84. The summed E-state index contributed by atoms with van der Waals surface area (Å²) in [6.07, 6.45) is 8.22. The second-order valence-electron chi connectivity index (χ2n) is 7.64. The molecule has 2 heterocycles. The van der Waals surface area contributed by atoms with Crippen LogP contribution >= 0.6 is 0 Å². The van der Waals surface area contributed by atoms with Crippen molar-refractivity contribution in [3.8, 4) is 5.75 Å².